The molecule has 2 aliphatic rings. The van der Waals surface area contributed by atoms with E-state index in [-0.39, 0.29) is 6.10 Å². The van der Waals surface area contributed by atoms with E-state index in [9.17, 15) is 0 Å². The Labute approximate surface area is 113 Å². The van der Waals surface area contributed by atoms with Gasteiger partial charge >= 0.3 is 0 Å². The van der Waals surface area contributed by atoms with Crippen LogP contribution in [0.4, 0.5) is 0 Å². The molecule has 2 heterocycles. The molecule has 0 saturated carbocycles. The molecule has 100 valence electrons. The zero-order valence-electron chi connectivity index (χ0n) is 11.1. The van der Waals surface area contributed by atoms with Crippen LogP contribution in [0.2, 0.25) is 0 Å². The molecule has 4 heteroatoms. The van der Waals surface area contributed by atoms with Crippen molar-refractivity contribution in [3.05, 3.63) is 15.6 Å². The number of fused-ring (bicyclic) bond motifs is 1. The first-order chi connectivity index (χ1) is 8.88. The summed E-state index contributed by atoms with van der Waals surface area (Å²) in [6, 6.07) is 0.543. The van der Waals surface area contributed by atoms with Crippen LogP contribution in [0.25, 0.3) is 0 Å². The van der Waals surface area contributed by atoms with Gasteiger partial charge in [-0.1, -0.05) is 6.92 Å². The summed E-state index contributed by atoms with van der Waals surface area (Å²) in [6.07, 6.45) is 7.51. The number of thiazole rings is 1. The maximum Gasteiger partial charge on any atom is 0.122 e. The summed E-state index contributed by atoms with van der Waals surface area (Å²) in [5.41, 5.74) is 1.34. The van der Waals surface area contributed by atoms with Crippen molar-refractivity contribution in [1.82, 2.24) is 10.3 Å². The highest BCUT2D eigenvalue weighted by molar-refractivity contribution is 7.11. The van der Waals surface area contributed by atoms with Crippen molar-refractivity contribution in [3.63, 3.8) is 0 Å². The summed E-state index contributed by atoms with van der Waals surface area (Å²) in [5.74, 6) is 0. The van der Waals surface area contributed by atoms with Gasteiger partial charge in [0.25, 0.3) is 0 Å². The molecule has 2 atom stereocenters. The van der Waals surface area contributed by atoms with Crippen LogP contribution in [0.5, 0.6) is 0 Å². The van der Waals surface area contributed by atoms with Crippen molar-refractivity contribution in [3.8, 4) is 0 Å². The van der Waals surface area contributed by atoms with Crippen LogP contribution in [0, 0.1) is 0 Å². The van der Waals surface area contributed by atoms with Crippen LogP contribution in [0.3, 0.4) is 0 Å². The quantitative estimate of drug-likeness (QED) is 0.907. The predicted octanol–water partition coefficient (Wildman–Crippen LogP) is 3.37. The fourth-order valence-electron chi connectivity index (χ4n) is 2.86. The number of hydrogen-bond donors (Lipinski definition) is 1. The summed E-state index contributed by atoms with van der Waals surface area (Å²) in [5, 5.41) is 4.89. The van der Waals surface area contributed by atoms with E-state index in [2.05, 4.69) is 12.2 Å². The van der Waals surface area contributed by atoms with Gasteiger partial charge in [0.05, 0.1) is 5.69 Å². The van der Waals surface area contributed by atoms with Gasteiger partial charge in [0.1, 0.15) is 11.1 Å². The van der Waals surface area contributed by atoms with Crippen LogP contribution in [-0.2, 0) is 11.2 Å². The minimum atomic E-state index is 0.285. The molecule has 1 saturated heterocycles. The van der Waals surface area contributed by atoms with Gasteiger partial charge in [0.15, 0.2) is 0 Å². The average molecular weight is 266 g/mol. The van der Waals surface area contributed by atoms with E-state index in [4.69, 9.17) is 9.72 Å². The molecule has 18 heavy (non-hydrogen) atoms. The lowest BCUT2D eigenvalue weighted by molar-refractivity contribution is 0.111. The van der Waals surface area contributed by atoms with E-state index < -0.39 is 0 Å². The molecule has 1 fully saturated rings. The van der Waals surface area contributed by atoms with E-state index in [0.29, 0.717) is 6.04 Å². The Kier molecular flexibility index (Phi) is 3.97. The van der Waals surface area contributed by atoms with Gasteiger partial charge in [-0.15, -0.1) is 11.3 Å². The topological polar surface area (TPSA) is 34.2 Å². The molecule has 3 rings (SSSR count). The maximum absolute atomic E-state index is 5.76. The van der Waals surface area contributed by atoms with E-state index >= 15 is 0 Å². The van der Waals surface area contributed by atoms with Gasteiger partial charge in [-0.25, -0.2) is 4.98 Å². The molecule has 2 unspecified atom stereocenters. The van der Waals surface area contributed by atoms with E-state index in [1.807, 2.05) is 11.3 Å². The molecular weight excluding hydrogens is 244 g/mol. The van der Waals surface area contributed by atoms with Crippen molar-refractivity contribution in [2.75, 3.05) is 13.2 Å². The van der Waals surface area contributed by atoms with Crippen LogP contribution in [0.15, 0.2) is 0 Å². The highest BCUT2D eigenvalue weighted by Gasteiger charge is 2.28. The normalized spacial score (nSPS) is 27.4. The summed E-state index contributed by atoms with van der Waals surface area (Å²) in [4.78, 5) is 6.33. The monoisotopic (exact) mass is 266 g/mol. The van der Waals surface area contributed by atoms with Crippen molar-refractivity contribution in [2.24, 2.45) is 0 Å². The average Bonchev–Trinajstić information content (AvgIpc) is 3.03. The Hall–Kier alpha value is -0.450. The first-order valence-corrected chi connectivity index (χ1v) is 8.04. The lowest BCUT2D eigenvalue weighted by atomic mass is 9.98. The van der Waals surface area contributed by atoms with Crippen molar-refractivity contribution in [2.45, 2.75) is 57.6 Å². The number of nitrogens with one attached hydrogen (secondary N) is 1. The Bertz CT molecular complexity index is 398. The van der Waals surface area contributed by atoms with Gasteiger partial charge in [-0.3, -0.25) is 0 Å². The molecule has 0 bridgehead atoms. The van der Waals surface area contributed by atoms with E-state index in [1.165, 1.54) is 41.3 Å². The molecule has 1 aliphatic carbocycles. The minimum absolute atomic E-state index is 0.285. The summed E-state index contributed by atoms with van der Waals surface area (Å²) >= 11 is 1.89. The fourth-order valence-corrected chi connectivity index (χ4v) is 4.17. The number of hydrogen-bond acceptors (Lipinski definition) is 4. The Balaban J connectivity index is 1.78. The molecule has 0 aromatic carbocycles. The van der Waals surface area contributed by atoms with Crippen molar-refractivity contribution < 1.29 is 4.74 Å². The van der Waals surface area contributed by atoms with Gasteiger partial charge in [0.2, 0.25) is 0 Å². The van der Waals surface area contributed by atoms with E-state index in [0.717, 1.165) is 26.0 Å². The van der Waals surface area contributed by atoms with Gasteiger partial charge in [0, 0.05) is 17.5 Å². The zero-order chi connectivity index (χ0) is 12.4. The van der Waals surface area contributed by atoms with Crippen molar-refractivity contribution in [1.29, 1.82) is 0 Å². The SMILES string of the molecule is CCCNC1CCCc2nc(C3CCCO3)sc21. The van der Waals surface area contributed by atoms with E-state index in [1.54, 1.807) is 0 Å². The summed E-state index contributed by atoms with van der Waals surface area (Å²) < 4.78 is 5.76. The first-order valence-electron chi connectivity index (χ1n) is 7.23. The van der Waals surface area contributed by atoms with Gasteiger partial charge in [-0.05, 0) is 45.1 Å². The third kappa shape index (κ3) is 2.46. The number of aromatic nitrogens is 1. The smallest absolute Gasteiger partial charge is 0.122 e. The second kappa shape index (κ2) is 5.68. The summed E-state index contributed by atoms with van der Waals surface area (Å²) in [7, 11) is 0. The zero-order valence-corrected chi connectivity index (χ0v) is 11.9. The third-order valence-corrected chi connectivity index (χ3v) is 5.12. The maximum atomic E-state index is 5.76. The number of ether oxygens (including phenoxy) is 1. The van der Waals surface area contributed by atoms with Crippen LogP contribution in [0.1, 0.15) is 66.8 Å². The highest BCUT2D eigenvalue weighted by atomic mass is 32.1. The number of nitrogens with zero attached hydrogens (tertiary/aromatic N) is 1. The third-order valence-electron chi connectivity index (χ3n) is 3.81. The van der Waals surface area contributed by atoms with Crippen molar-refractivity contribution >= 4 is 11.3 Å². The Morgan fingerprint density at radius 2 is 2.33 bits per heavy atom. The standard InChI is InChI=1S/C14H22N2OS/c1-2-8-15-10-5-3-6-11-13(10)18-14(16-11)12-7-4-9-17-12/h10,12,15H,2-9H2,1H3. The van der Waals surface area contributed by atoms with Gasteiger partial charge < -0.3 is 10.1 Å². The lowest BCUT2D eigenvalue weighted by Crippen LogP contribution is -2.24. The lowest BCUT2D eigenvalue weighted by Gasteiger charge is -2.22. The molecule has 0 spiro atoms. The fraction of sp³-hybridized carbons (Fsp3) is 0.786. The number of aryl methyl sites for hydroxylation is 1. The minimum Gasteiger partial charge on any atom is -0.371 e. The molecule has 1 aromatic heterocycles. The molecule has 0 amide bonds. The van der Waals surface area contributed by atoms with Crippen LogP contribution in [-0.4, -0.2) is 18.1 Å². The largest absolute Gasteiger partial charge is 0.371 e. The Morgan fingerprint density at radius 3 is 3.11 bits per heavy atom. The van der Waals surface area contributed by atoms with Crippen LogP contribution < -0.4 is 5.32 Å². The molecule has 1 aromatic rings. The highest BCUT2D eigenvalue weighted by Crippen LogP contribution is 2.39. The second-order valence-electron chi connectivity index (χ2n) is 5.26. The number of rotatable bonds is 4. The second-order valence-corrected chi connectivity index (χ2v) is 6.33. The molecule has 0 radical (unpaired) electrons. The Morgan fingerprint density at radius 1 is 1.39 bits per heavy atom. The predicted molar refractivity (Wildman–Crippen MR) is 74.0 cm³/mol. The molecule has 3 nitrogen and oxygen atoms in total. The van der Waals surface area contributed by atoms with Crippen LogP contribution >= 0.6 is 11.3 Å². The molecular formula is C14H22N2OS. The van der Waals surface area contributed by atoms with Gasteiger partial charge in [-0.2, -0.15) is 0 Å². The first kappa shape index (κ1) is 12.6. The molecule has 1 aliphatic heterocycles. The summed E-state index contributed by atoms with van der Waals surface area (Å²) in [6.45, 7) is 4.24. The molecule has 1 N–H and O–H groups in total.